The molecule has 0 radical (unpaired) electrons. The highest BCUT2D eigenvalue weighted by atomic mass is 16.5. The molecule has 0 fully saturated rings. The highest BCUT2D eigenvalue weighted by Crippen LogP contribution is 2.29. The minimum absolute atomic E-state index is 0.0540. The lowest BCUT2D eigenvalue weighted by Gasteiger charge is -2.32. The first-order valence-corrected chi connectivity index (χ1v) is 14.5. The summed E-state index contributed by atoms with van der Waals surface area (Å²) in [5.74, 6) is 1.22. The summed E-state index contributed by atoms with van der Waals surface area (Å²) in [5, 5.41) is 3.09. The molecule has 0 aromatic heterocycles. The molecule has 214 valence electrons. The molecule has 1 unspecified atom stereocenters. The Kier molecular flexibility index (Phi) is 12.6. The van der Waals surface area contributed by atoms with Gasteiger partial charge in [-0.3, -0.25) is 9.59 Å². The van der Waals surface area contributed by atoms with Crippen molar-refractivity contribution in [2.75, 3.05) is 19.8 Å². The Bertz CT molecular complexity index is 1210. The zero-order valence-corrected chi connectivity index (χ0v) is 24.4. The van der Waals surface area contributed by atoms with Gasteiger partial charge in [-0.25, -0.2) is 0 Å². The first-order chi connectivity index (χ1) is 19.5. The molecule has 1 N–H and O–H groups in total. The molecule has 6 heteroatoms. The van der Waals surface area contributed by atoms with E-state index in [2.05, 4.69) is 12.2 Å². The molecular formula is C34H44N2O4. The van der Waals surface area contributed by atoms with Gasteiger partial charge < -0.3 is 19.7 Å². The maximum Gasteiger partial charge on any atom is 0.243 e. The number of carbonyl (C=O) groups excluding carboxylic acids is 2. The number of unbranched alkanes of at least 4 members (excludes halogenated alkanes) is 1. The van der Waals surface area contributed by atoms with Gasteiger partial charge in [-0.05, 0) is 68.0 Å². The Morgan fingerprint density at radius 1 is 0.850 bits per heavy atom. The fourth-order valence-electron chi connectivity index (χ4n) is 4.68. The van der Waals surface area contributed by atoms with Gasteiger partial charge in [0.15, 0.2) is 11.5 Å². The minimum atomic E-state index is -0.620. The van der Waals surface area contributed by atoms with Crippen molar-refractivity contribution in [3.63, 3.8) is 0 Å². The van der Waals surface area contributed by atoms with Gasteiger partial charge in [-0.1, -0.05) is 74.0 Å². The molecule has 1 atom stereocenters. The van der Waals surface area contributed by atoms with Crippen LogP contribution in [0.5, 0.6) is 11.5 Å². The molecule has 0 heterocycles. The molecule has 3 aromatic rings. The first-order valence-electron chi connectivity index (χ1n) is 14.5. The molecule has 0 bridgehead atoms. The number of nitrogens with one attached hydrogen (secondary N) is 1. The number of amides is 2. The molecule has 0 spiro atoms. The number of hydrogen-bond donors (Lipinski definition) is 1. The van der Waals surface area contributed by atoms with Crippen LogP contribution < -0.4 is 14.8 Å². The number of rotatable bonds is 16. The molecule has 3 rings (SSSR count). The molecule has 0 saturated carbocycles. The second-order valence-corrected chi connectivity index (χ2v) is 9.95. The van der Waals surface area contributed by atoms with Gasteiger partial charge in [-0.2, -0.15) is 0 Å². The maximum atomic E-state index is 14.0. The average molecular weight is 545 g/mol. The van der Waals surface area contributed by atoms with Crippen molar-refractivity contribution in [1.82, 2.24) is 10.2 Å². The van der Waals surface area contributed by atoms with E-state index in [4.69, 9.17) is 9.47 Å². The third-order valence-corrected chi connectivity index (χ3v) is 6.94. The Morgan fingerprint density at radius 2 is 1.55 bits per heavy atom. The van der Waals surface area contributed by atoms with Crippen molar-refractivity contribution in [3.8, 4) is 11.5 Å². The Morgan fingerprint density at radius 3 is 2.25 bits per heavy atom. The largest absolute Gasteiger partial charge is 0.490 e. The lowest BCUT2D eigenvalue weighted by molar-refractivity contribution is -0.141. The second-order valence-electron chi connectivity index (χ2n) is 9.95. The molecule has 0 aliphatic heterocycles. The highest BCUT2D eigenvalue weighted by Gasteiger charge is 2.30. The summed E-state index contributed by atoms with van der Waals surface area (Å²) >= 11 is 0. The van der Waals surface area contributed by atoms with Crippen LogP contribution in [0.3, 0.4) is 0 Å². The van der Waals surface area contributed by atoms with Gasteiger partial charge in [0.25, 0.3) is 0 Å². The molecule has 0 saturated heterocycles. The normalized spacial score (nSPS) is 11.5. The van der Waals surface area contributed by atoms with Crippen molar-refractivity contribution in [1.29, 1.82) is 0 Å². The van der Waals surface area contributed by atoms with E-state index in [9.17, 15) is 9.59 Å². The summed E-state index contributed by atoms with van der Waals surface area (Å²) in [4.78, 5) is 29.3. The Balaban J connectivity index is 1.89. The highest BCUT2D eigenvalue weighted by molar-refractivity contribution is 5.88. The number of nitrogens with zero attached hydrogens (tertiary/aromatic N) is 1. The summed E-state index contributed by atoms with van der Waals surface area (Å²) in [6.07, 6.45) is 3.15. The average Bonchev–Trinajstić information content (AvgIpc) is 2.96. The number of ether oxygens (including phenoxy) is 2. The van der Waals surface area contributed by atoms with E-state index in [1.807, 2.05) is 93.6 Å². The van der Waals surface area contributed by atoms with E-state index in [0.717, 1.165) is 35.1 Å². The zero-order chi connectivity index (χ0) is 28.7. The van der Waals surface area contributed by atoms with Gasteiger partial charge in [0.2, 0.25) is 11.8 Å². The number of aryl methyl sites for hydroxylation is 2. The van der Waals surface area contributed by atoms with Crippen LogP contribution in [-0.4, -0.2) is 42.5 Å². The van der Waals surface area contributed by atoms with Crippen molar-refractivity contribution < 1.29 is 19.1 Å². The maximum absolute atomic E-state index is 14.0. The smallest absolute Gasteiger partial charge is 0.243 e. The topological polar surface area (TPSA) is 67.9 Å². The van der Waals surface area contributed by atoms with Gasteiger partial charge in [0.1, 0.15) is 6.04 Å². The van der Waals surface area contributed by atoms with E-state index < -0.39 is 6.04 Å². The fourth-order valence-corrected chi connectivity index (χ4v) is 4.68. The summed E-state index contributed by atoms with van der Waals surface area (Å²) in [5.41, 5.74) is 4.14. The van der Waals surface area contributed by atoms with Gasteiger partial charge in [-0.15, -0.1) is 0 Å². The molecule has 2 amide bonds. The Hall–Kier alpha value is -3.80. The molecule has 0 aliphatic carbocycles. The third-order valence-electron chi connectivity index (χ3n) is 6.94. The summed E-state index contributed by atoms with van der Waals surface area (Å²) in [6, 6.07) is 23.2. The second kappa shape index (κ2) is 16.3. The molecular weight excluding hydrogens is 500 g/mol. The number of benzene rings is 3. The summed E-state index contributed by atoms with van der Waals surface area (Å²) < 4.78 is 11.5. The molecule has 40 heavy (non-hydrogen) atoms. The van der Waals surface area contributed by atoms with Crippen LogP contribution in [0.1, 0.15) is 62.3 Å². The van der Waals surface area contributed by atoms with Crippen LogP contribution in [-0.2, 0) is 29.0 Å². The van der Waals surface area contributed by atoms with Crippen LogP contribution >= 0.6 is 0 Å². The third kappa shape index (κ3) is 9.15. The van der Waals surface area contributed by atoms with E-state index in [0.29, 0.717) is 50.6 Å². The van der Waals surface area contributed by atoms with Crippen molar-refractivity contribution in [2.45, 2.75) is 72.4 Å². The standard InChI is InChI=1S/C34H44N2O4/c1-5-8-22-35-34(38)30(23-27-15-10-9-11-16-27)36(25-29-17-13-12-14-26(29)4)33(37)21-19-28-18-20-31(39-6-2)32(24-28)40-7-3/h9-18,20,24,30H,5-8,19,21-23,25H2,1-4H3,(H,35,38). The van der Waals surface area contributed by atoms with Gasteiger partial charge >= 0.3 is 0 Å². The van der Waals surface area contributed by atoms with Crippen molar-refractivity contribution in [3.05, 3.63) is 95.1 Å². The van der Waals surface area contributed by atoms with E-state index in [1.165, 1.54) is 0 Å². The summed E-state index contributed by atoms with van der Waals surface area (Å²) in [7, 11) is 0. The van der Waals surface area contributed by atoms with Gasteiger partial charge in [0.05, 0.1) is 13.2 Å². The predicted octanol–water partition coefficient (Wildman–Crippen LogP) is 6.28. The zero-order valence-electron chi connectivity index (χ0n) is 24.4. The minimum Gasteiger partial charge on any atom is -0.490 e. The molecule has 0 aliphatic rings. The van der Waals surface area contributed by atoms with Crippen molar-refractivity contribution >= 4 is 11.8 Å². The Labute approximate surface area is 239 Å². The van der Waals surface area contributed by atoms with E-state index >= 15 is 0 Å². The van der Waals surface area contributed by atoms with Gasteiger partial charge in [0, 0.05) is 25.9 Å². The van der Waals surface area contributed by atoms with E-state index in [1.54, 1.807) is 4.90 Å². The first kappa shape index (κ1) is 30.7. The van der Waals surface area contributed by atoms with Crippen LogP contribution in [0.4, 0.5) is 0 Å². The van der Waals surface area contributed by atoms with Crippen LogP contribution in [0.2, 0.25) is 0 Å². The van der Waals surface area contributed by atoms with Crippen molar-refractivity contribution in [2.24, 2.45) is 0 Å². The van der Waals surface area contributed by atoms with Crippen LogP contribution in [0, 0.1) is 6.92 Å². The lowest BCUT2D eigenvalue weighted by Crippen LogP contribution is -2.50. The summed E-state index contributed by atoms with van der Waals surface area (Å²) in [6.45, 7) is 10.1. The number of hydrogen-bond acceptors (Lipinski definition) is 4. The monoisotopic (exact) mass is 544 g/mol. The molecule has 3 aromatic carbocycles. The SMILES string of the molecule is CCCCNC(=O)C(Cc1ccccc1)N(Cc1ccccc1C)C(=O)CCc1ccc(OCC)c(OCC)c1. The lowest BCUT2D eigenvalue weighted by atomic mass is 10.00. The van der Waals surface area contributed by atoms with Crippen LogP contribution in [0.15, 0.2) is 72.8 Å². The van der Waals surface area contributed by atoms with Crippen LogP contribution in [0.25, 0.3) is 0 Å². The fraction of sp³-hybridized carbons (Fsp3) is 0.412. The predicted molar refractivity (Wildman–Crippen MR) is 161 cm³/mol. The molecule has 6 nitrogen and oxygen atoms in total. The number of carbonyl (C=O) groups is 2. The quantitative estimate of drug-likeness (QED) is 0.216. The van der Waals surface area contributed by atoms with E-state index in [-0.39, 0.29) is 18.2 Å².